The number of carbonyl (C=O) groups is 1. The van der Waals surface area contributed by atoms with Crippen molar-refractivity contribution in [3.63, 3.8) is 0 Å². The molecule has 10 atom stereocenters. The van der Waals surface area contributed by atoms with Crippen LogP contribution in [0.15, 0.2) is 18.2 Å². The van der Waals surface area contributed by atoms with E-state index in [4.69, 9.17) is 4.74 Å². The molecule has 0 spiro atoms. The molecule has 5 rings (SSSR count). The minimum absolute atomic E-state index is 0.126. The third-order valence-electron chi connectivity index (χ3n) is 12.4. The summed E-state index contributed by atoms with van der Waals surface area (Å²) in [6.45, 7) is 7.29. The van der Waals surface area contributed by atoms with E-state index in [9.17, 15) is 41.2 Å². The summed E-state index contributed by atoms with van der Waals surface area (Å²) in [5.41, 5.74) is 2.32. The summed E-state index contributed by atoms with van der Waals surface area (Å²) in [7, 11) is 0.299. The lowest BCUT2D eigenvalue weighted by Crippen LogP contribution is -2.53. The predicted octanol–water partition coefficient (Wildman–Crippen LogP) is 7.12. The Kier molecular flexibility index (Phi) is 11.8. The van der Waals surface area contributed by atoms with E-state index in [2.05, 4.69) is 19.9 Å². The molecule has 0 aromatic heterocycles. The molecular formula is C36H53F5N2O5S. The van der Waals surface area contributed by atoms with Crippen LogP contribution in [0.1, 0.15) is 95.6 Å². The molecule has 1 amide bonds. The first-order valence-electron chi connectivity index (χ1n) is 17.9. The number of hydrogen-bond acceptors (Lipinski definition) is 6. The Morgan fingerprint density at radius 1 is 1.12 bits per heavy atom. The van der Waals surface area contributed by atoms with Crippen molar-refractivity contribution in [1.82, 2.24) is 9.80 Å². The van der Waals surface area contributed by atoms with E-state index < -0.39 is 48.1 Å². The average Bonchev–Trinajstić information content (AvgIpc) is 3.33. The lowest BCUT2D eigenvalue weighted by molar-refractivity contribution is -0.284. The van der Waals surface area contributed by atoms with Crippen molar-refractivity contribution < 1.29 is 45.9 Å². The van der Waals surface area contributed by atoms with Crippen LogP contribution in [0, 0.1) is 29.1 Å². The van der Waals surface area contributed by atoms with Crippen LogP contribution in [-0.4, -0.2) is 92.4 Å². The molecule has 13 heteroatoms. The average molecular weight is 721 g/mol. The van der Waals surface area contributed by atoms with Gasteiger partial charge in [0.15, 0.2) is 0 Å². The lowest BCUT2D eigenvalue weighted by atomic mass is 9.52. The molecule has 0 radical (unpaired) electrons. The fraction of sp³-hybridized carbons (Fsp3) is 0.806. The molecule has 2 saturated carbocycles. The van der Waals surface area contributed by atoms with Gasteiger partial charge >= 0.3 is 18.2 Å². The maximum Gasteiger partial charge on any atom is 0.453 e. The summed E-state index contributed by atoms with van der Waals surface area (Å²) in [6, 6.07) is 5.95. The van der Waals surface area contributed by atoms with Crippen molar-refractivity contribution >= 4 is 16.9 Å². The SMILES string of the molecule is CC(CC[C@@H]1Cc2cc(OC(=O)N3CCN(C)C(O)C3)ccc2[C@H]2CC[C@]3(C)[C@@H](O)CC[C@H]3[C@H]12)CC(C)S(=O)CCCC(F)(F)C(F)(F)F. The third-order valence-corrected chi connectivity index (χ3v) is 14.1. The number of alkyl halides is 5. The van der Waals surface area contributed by atoms with Gasteiger partial charge in [-0.15, -0.1) is 0 Å². The number of β-amino-alcohol motifs (C(OH)–C–C–N with tert-alkyl or cyclic N) is 1. The summed E-state index contributed by atoms with van der Waals surface area (Å²) in [5.74, 6) is -2.89. The number of benzene rings is 1. The second-order valence-electron chi connectivity index (χ2n) is 15.6. The number of amides is 1. The van der Waals surface area contributed by atoms with E-state index in [1.807, 2.05) is 12.1 Å². The van der Waals surface area contributed by atoms with Gasteiger partial charge in [-0.1, -0.05) is 33.3 Å². The highest BCUT2D eigenvalue weighted by Crippen LogP contribution is 2.63. The highest BCUT2D eigenvalue weighted by Gasteiger charge is 2.57. The molecule has 3 aliphatic carbocycles. The molecule has 0 bridgehead atoms. The van der Waals surface area contributed by atoms with Crippen LogP contribution in [0.5, 0.6) is 5.75 Å². The lowest BCUT2D eigenvalue weighted by Gasteiger charge is -2.53. The van der Waals surface area contributed by atoms with Gasteiger partial charge in [-0.05, 0) is 117 Å². The zero-order valence-electron chi connectivity index (χ0n) is 29.1. The predicted molar refractivity (Wildman–Crippen MR) is 178 cm³/mol. The first kappa shape index (κ1) is 38.4. The van der Waals surface area contributed by atoms with Gasteiger partial charge in [-0.3, -0.25) is 9.11 Å². The topological polar surface area (TPSA) is 90.3 Å². The molecule has 4 aliphatic rings. The number of likely N-dealkylation sites (N-methyl/N-ethyl adjacent to an activating group) is 1. The van der Waals surface area contributed by atoms with Crippen molar-refractivity contribution in [3.05, 3.63) is 29.3 Å². The zero-order chi connectivity index (χ0) is 35.9. The normalized spacial score (nSPS) is 32.5. The number of halogens is 5. The summed E-state index contributed by atoms with van der Waals surface area (Å²) < 4.78 is 82.8. The highest BCUT2D eigenvalue weighted by atomic mass is 32.2. The Bertz CT molecular complexity index is 1350. The Morgan fingerprint density at radius 3 is 2.55 bits per heavy atom. The number of nitrogens with zero attached hydrogens (tertiary/aromatic N) is 2. The summed E-state index contributed by atoms with van der Waals surface area (Å²) in [6.07, 6.45) is -2.11. The monoisotopic (exact) mass is 720 g/mol. The van der Waals surface area contributed by atoms with Gasteiger partial charge in [0.2, 0.25) is 0 Å². The van der Waals surface area contributed by atoms with Gasteiger partial charge < -0.3 is 19.8 Å². The van der Waals surface area contributed by atoms with Gasteiger partial charge in [0.05, 0.1) is 12.6 Å². The molecule has 1 saturated heterocycles. The number of carbonyl (C=O) groups excluding carboxylic acids is 1. The largest absolute Gasteiger partial charge is 0.453 e. The highest BCUT2D eigenvalue weighted by molar-refractivity contribution is 7.85. The van der Waals surface area contributed by atoms with Gasteiger partial charge in [-0.2, -0.15) is 22.0 Å². The first-order valence-corrected chi connectivity index (χ1v) is 19.3. The maximum atomic E-state index is 13.3. The minimum Gasteiger partial charge on any atom is -0.410 e. The zero-order valence-corrected chi connectivity index (χ0v) is 29.9. The molecule has 7 nitrogen and oxygen atoms in total. The Hall–Kier alpha value is -1.83. The number of aliphatic hydroxyl groups excluding tert-OH is 2. The van der Waals surface area contributed by atoms with Crippen LogP contribution >= 0.6 is 0 Å². The molecular weight excluding hydrogens is 667 g/mol. The number of piperazine rings is 1. The number of fused-ring (bicyclic) bond motifs is 5. The van der Waals surface area contributed by atoms with Crippen LogP contribution in [0.3, 0.4) is 0 Å². The van der Waals surface area contributed by atoms with Gasteiger partial charge in [0.25, 0.3) is 0 Å². The molecule has 3 fully saturated rings. The number of ether oxygens (including phenoxy) is 1. The van der Waals surface area contributed by atoms with E-state index in [0.717, 1.165) is 50.5 Å². The maximum absolute atomic E-state index is 13.3. The molecule has 1 aromatic rings. The summed E-state index contributed by atoms with van der Waals surface area (Å²) >= 11 is 0. The molecule has 1 heterocycles. The Labute approximate surface area is 289 Å². The van der Waals surface area contributed by atoms with E-state index in [-0.39, 0.29) is 35.0 Å². The molecule has 278 valence electrons. The fourth-order valence-corrected chi connectivity index (χ4v) is 10.7. The standard InChI is InChI=1S/C36H53F5N2O5S/c1-22(18-23(2)49(47)17-5-13-35(37,38)36(39,40)41)6-7-24-19-25-20-26(48-33(46)43-16-15-42(4)31(45)21-43)8-9-27(25)28-12-14-34(3)29(32(24)28)10-11-30(34)44/h8-9,20,22-24,28-32,44-45H,5-7,10-19,21H2,1-4H3/t22?,23?,24-,28-,29+,30+,31?,32-,34+,49?/m1/s1. The molecule has 1 aliphatic heterocycles. The van der Waals surface area contributed by atoms with Crippen LogP contribution in [0.2, 0.25) is 0 Å². The van der Waals surface area contributed by atoms with Crippen molar-refractivity contribution in [3.8, 4) is 5.75 Å². The van der Waals surface area contributed by atoms with Gasteiger partial charge in [0, 0.05) is 41.3 Å². The van der Waals surface area contributed by atoms with Gasteiger partial charge in [0.1, 0.15) is 12.0 Å². The van der Waals surface area contributed by atoms with Crippen LogP contribution in [-0.2, 0) is 17.2 Å². The van der Waals surface area contributed by atoms with E-state index >= 15 is 0 Å². The molecule has 49 heavy (non-hydrogen) atoms. The van der Waals surface area contributed by atoms with Gasteiger partial charge in [-0.25, -0.2) is 4.79 Å². The summed E-state index contributed by atoms with van der Waals surface area (Å²) in [5, 5.41) is 20.9. The Balaban J connectivity index is 1.24. The van der Waals surface area contributed by atoms with Crippen LogP contribution in [0.25, 0.3) is 0 Å². The molecule has 2 N–H and O–H groups in total. The third kappa shape index (κ3) is 8.30. The van der Waals surface area contributed by atoms with E-state index in [1.54, 1.807) is 18.9 Å². The van der Waals surface area contributed by atoms with E-state index in [0.29, 0.717) is 48.9 Å². The fourth-order valence-electron chi connectivity index (χ4n) is 9.34. The quantitative estimate of drug-likeness (QED) is 0.237. The molecule has 4 unspecified atom stereocenters. The number of aliphatic hydroxyl groups is 2. The second kappa shape index (κ2) is 15.0. The van der Waals surface area contributed by atoms with Crippen LogP contribution < -0.4 is 4.74 Å². The smallest absolute Gasteiger partial charge is 0.410 e. The van der Waals surface area contributed by atoms with Crippen molar-refractivity contribution in [1.29, 1.82) is 0 Å². The minimum atomic E-state index is -5.60. The van der Waals surface area contributed by atoms with E-state index in [1.165, 1.54) is 10.5 Å². The van der Waals surface area contributed by atoms with Crippen LogP contribution in [0.4, 0.5) is 26.7 Å². The number of hydrogen-bond donors (Lipinski definition) is 2. The number of rotatable bonds is 11. The Morgan fingerprint density at radius 2 is 1.86 bits per heavy atom. The second-order valence-corrected chi connectivity index (χ2v) is 17.6. The van der Waals surface area contributed by atoms with Crippen molar-refractivity contribution in [2.24, 2.45) is 29.1 Å². The first-order chi connectivity index (χ1) is 22.9. The summed E-state index contributed by atoms with van der Waals surface area (Å²) in [4.78, 5) is 16.3. The molecule has 1 aromatic carbocycles. The van der Waals surface area contributed by atoms with Crippen molar-refractivity contribution in [2.45, 2.75) is 121 Å². The van der Waals surface area contributed by atoms with Crippen molar-refractivity contribution in [2.75, 3.05) is 32.4 Å².